The van der Waals surface area contributed by atoms with Crippen LogP contribution in [0.25, 0.3) is 5.57 Å². The van der Waals surface area contributed by atoms with E-state index in [0.717, 1.165) is 12.1 Å². The number of halogens is 4. The second kappa shape index (κ2) is 6.07. The number of aromatic hydroxyl groups is 1. The molecule has 23 heavy (non-hydrogen) atoms. The predicted molar refractivity (Wildman–Crippen MR) is 78.9 cm³/mol. The van der Waals surface area contributed by atoms with Crippen molar-refractivity contribution >= 4 is 5.57 Å². The molecule has 0 amide bonds. The zero-order valence-corrected chi connectivity index (χ0v) is 12.1. The Bertz CT molecular complexity index is 783. The maximum absolute atomic E-state index is 13.9. The van der Waals surface area contributed by atoms with Crippen molar-refractivity contribution in [2.75, 3.05) is 0 Å². The Labute approximate surface area is 130 Å². The summed E-state index contributed by atoms with van der Waals surface area (Å²) in [5.41, 5.74) is 1.01. The molecule has 0 aliphatic heterocycles. The molecule has 1 unspecified atom stereocenters. The van der Waals surface area contributed by atoms with Crippen LogP contribution in [0.15, 0.2) is 36.4 Å². The highest BCUT2D eigenvalue weighted by molar-refractivity contribution is 5.67. The van der Waals surface area contributed by atoms with E-state index in [-0.39, 0.29) is 11.5 Å². The van der Waals surface area contributed by atoms with Gasteiger partial charge in [0.25, 0.3) is 0 Å². The highest BCUT2D eigenvalue weighted by Gasteiger charge is 2.23. The number of hydrogen-bond donors (Lipinski definition) is 1. The molecule has 0 radical (unpaired) electrons. The fraction of sp³-hybridized carbons (Fsp3) is 0.222. The standard InChI is InChI=1S/C18H14F4O/c19-14-3-1-2-12(16(14)20)10-4-6-11(7-5-10)13-8-9-15(23)18(22)17(13)21/h1-3,6,8-10,23H,4-5,7H2. The lowest BCUT2D eigenvalue weighted by atomic mass is 9.82. The summed E-state index contributed by atoms with van der Waals surface area (Å²) < 4.78 is 54.5. The van der Waals surface area contributed by atoms with Crippen molar-refractivity contribution in [2.45, 2.75) is 25.2 Å². The summed E-state index contributed by atoms with van der Waals surface area (Å²) in [5.74, 6) is -5.03. The molecule has 5 heteroatoms. The number of phenols is 1. The summed E-state index contributed by atoms with van der Waals surface area (Å²) in [7, 11) is 0. The summed E-state index contributed by atoms with van der Waals surface area (Å²) in [5, 5.41) is 9.16. The van der Waals surface area contributed by atoms with Crippen LogP contribution in [0.2, 0.25) is 0 Å². The van der Waals surface area contributed by atoms with Gasteiger partial charge in [-0.15, -0.1) is 0 Å². The van der Waals surface area contributed by atoms with Gasteiger partial charge in [-0.2, -0.15) is 4.39 Å². The molecule has 0 aromatic heterocycles. The molecule has 0 saturated heterocycles. The minimum atomic E-state index is -1.28. The summed E-state index contributed by atoms with van der Waals surface area (Å²) in [6, 6.07) is 6.50. The number of phenolic OH excluding ortho intramolecular Hbond substituents is 1. The van der Waals surface area contributed by atoms with E-state index in [0.29, 0.717) is 30.4 Å². The average Bonchev–Trinajstić information content (AvgIpc) is 2.56. The van der Waals surface area contributed by atoms with E-state index in [9.17, 15) is 17.6 Å². The van der Waals surface area contributed by atoms with Gasteiger partial charge in [-0.1, -0.05) is 18.2 Å². The van der Waals surface area contributed by atoms with Gasteiger partial charge < -0.3 is 5.11 Å². The number of benzene rings is 2. The second-order valence-electron chi connectivity index (χ2n) is 5.60. The van der Waals surface area contributed by atoms with Crippen molar-refractivity contribution in [3.8, 4) is 5.75 Å². The van der Waals surface area contributed by atoms with Gasteiger partial charge in [0.2, 0.25) is 5.82 Å². The second-order valence-corrected chi connectivity index (χ2v) is 5.60. The van der Waals surface area contributed by atoms with Crippen LogP contribution < -0.4 is 0 Å². The van der Waals surface area contributed by atoms with E-state index >= 15 is 0 Å². The van der Waals surface area contributed by atoms with Crippen LogP contribution in [0.3, 0.4) is 0 Å². The van der Waals surface area contributed by atoms with Gasteiger partial charge in [-0.05, 0) is 54.5 Å². The fourth-order valence-electron chi connectivity index (χ4n) is 2.98. The van der Waals surface area contributed by atoms with Crippen molar-refractivity contribution in [1.29, 1.82) is 0 Å². The largest absolute Gasteiger partial charge is 0.505 e. The van der Waals surface area contributed by atoms with Gasteiger partial charge in [-0.25, -0.2) is 13.2 Å². The smallest absolute Gasteiger partial charge is 0.200 e. The van der Waals surface area contributed by atoms with Gasteiger partial charge in [0.05, 0.1) is 0 Å². The normalized spacial score (nSPS) is 17.9. The maximum atomic E-state index is 13.9. The molecule has 0 saturated carbocycles. The molecule has 2 aromatic rings. The summed E-state index contributed by atoms with van der Waals surface area (Å²) in [6.07, 6.45) is 3.06. The first kappa shape index (κ1) is 15.6. The van der Waals surface area contributed by atoms with Gasteiger partial charge in [0.1, 0.15) is 0 Å². The number of hydrogen-bond acceptors (Lipinski definition) is 1. The molecule has 1 atom stereocenters. The Hall–Kier alpha value is -2.30. The highest BCUT2D eigenvalue weighted by Crippen LogP contribution is 2.38. The van der Waals surface area contributed by atoms with Crippen molar-refractivity contribution < 1.29 is 22.7 Å². The number of rotatable bonds is 2. The summed E-state index contributed by atoms with van der Waals surface area (Å²) in [6.45, 7) is 0. The van der Waals surface area contributed by atoms with Crippen LogP contribution in [-0.4, -0.2) is 5.11 Å². The third kappa shape index (κ3) is 2.83. The van der Waals surface area contributed by atoms with Crippen molar-refractivity contribution in [1.82, 2.24) is 0 Å². The van der Waals surface area contributed by atoms with Gasteiger partial charge in [0, 0.05) is 5.56 Å². The lowest BCUT2D eigenvalue weighted by molar-refractivity contribution is 0.406. The monoisotopic (exact) mass is 322 g/mol. The number of allylic oxidation sites excluding steroid dienone is 2. The predicted octanol–water partition coefficient (Wildman–Crippen LogP) is 5.30. The van der Waals surface area contributed by atoms with E-state index in [4.69, 9.17) is 5.11 Å². The van der Waals surface area contributed by atoms with Crippen LogP contribution in [0, 0.1) is 23.3 Å². The Balaban J connectivity index is 1.87. The average molecular weight is 322 g/mol. The molecule has 2 aromatic carbocycles. The first-order chi connectivity index (χ1) is 11.0. The Morgan fingerprint density at radius 2 is 1.70 bits per heavy atom. The lowest BCUT2D eigenvalue weighted by Gasteiger charge is -2.23. The fourth-order valence-corrected chi connectivity index (χ4v) is 2.98. The van der Waals surface area contributed by atoms with Crippen molar-refractivity contribution in [2.24, 2.45) is 0 Å². The third-order valence-electron chi connectivity index (χ3n) is 4.24. The maximum Gasteiger partial charge on any atom is 0.200 e. The molecule has 0 bridgehead atoms. The van der Waals surface area contributed by atoms with Gasteiger partial charge >= 0.3 is 0 Å². The first-order valence-corrected chi connectivity index (χ1v) is 7.29. The molecule has 0 fully saturated rings. The van der Waals surface area contributed by atoms with E-state index in [1.807, 2.05) is 0 Å². The SMILES string of the molecule is Oc1ccc(C2=CCC(c3cccc(F)c3F)CC2)c(F)c1F. The van der Waals surface area contributed by atoms with Crippen molar-refractivity contribution in [3.63, 3.8) is 0 Å². The van der Waals surface area contributed by atoms with E-state index in [2.05, 4.69) is 0 Å². The highest BCUT2D eigenvalue weighted by atomic mass is 19.2. The van der Waals surface area contributed by atoms with Crippen LogP contribution in [0.1, 0.15) is 36.3 Å². The molecule has 0 heterocycles. The Kier molecular flexibility index (Phi) is 4.11. The first-order valence-electron chi connectivity index (χ1n) is 7.29. The topological polar surface area (TPSA) is 20.2 Å². The molecular weight excluding hydrogens is 308 g/mol. The molecule has 1 aliphatic rings. The van der Waals surface area contributed by atoms with Crippen LogP contribution in [0.5, 0.6) is 5.75 Å². The third-order valence-corrected chi connectivity index (χ3v) is 4.24. The van der Waals surface area contributed by atoms with Crippen LogP contribution in [0.4, 0.5) is 17.6 Å². The minimum absolute atomic E-state index is 0.0958. The molecule has 0 spiro atoms. The van der Waals surface area contributed by atoms with E-state index in [1.54, 1.807) is 12.1 Å². The molecule has 120 valence electrons. The zero-order valence-electron chi connectivity index (χ0n) is 12.1. The van der Waals surface area contributed by atoms with E-state index in [1.165, 1.54) is 12.1 Å². The summed E-state index contributed by atoms with van der Waals surface area (Å²) in [4.78, 5) is 0. The lowest BCUT2D eigenvalue weighted by Crippen LogP contribution is -2.08. The molecular formula is C18H14F4O. The van der Waals surface area contributed by atoms with Crippen LogP contribution in [-0.2, 0) is 0 Å². The van der Waals surface area contributed by atoms with Gasteiger partial charge in [0.15, 0.2) is 23.2 Å². The van der Waals surface area contributed by atoms with Crippen LogP contribution >= 0.6 is 0 Å². The quantitative estimate of drug-likeness (QED) is 0.744. The minimum Gasteiger partial charge on any atom is -0.505 e. The van der Waals surface area contributed by atoms with E-state index < -0.39 is 29.0 Å². The Morgan fingerprint density at radius 3 is 2.39 bits per heavy atom. The molecule has 1 nitrogen and oxygen atoms in total. The van der Waals surface area contributed by atoms with Crippen molar-refractivity contribution in [3.05, 3.63) is 70.8 Å². The van der Waals surface area contributed by atoms with Gasteiger partial charge in [-0.3, -0.25) is 0 Å². The molecule has 3 rings (SSSR count). The Morgan fingerprint density at radius 1 is 0.913 bits per heavy atom. The molecule has 1 N–H and O–H groups in total. The summed E-state index contributed by atoms with van der Waals surface area (Å²) >= 11 is 0. The molecule has 1 aliphatic carbocycles. The zero-order chi connectivity index (χ0) is 16.6.